The van der Waals surface area contributed by atoms with E-state index in [0.29, 0.717) is 11.5 Å². The van der Waals surface area contributed by atoms with E-state index in [1.54, 1.807) is 7.11 Å². The van der Waals surface area contributed by atoms with Gasteiger partial charge in [0.2, 0.25) is 0 Å². The molecule has 1 unspecified atom stereocenters. The molecule has 0 aliphatic rings. The Bertz CT molecular complexity index is 992. The van der Waals surface area contributed by atoms with Crippen LogP contribution in [0.25, 0.3) is 0 Å². The SMILES string of the molecule is COc1ccc(C(C)NC(=O)c2cc(COc3cc(C)cc(C)c3C)cs2)cc1. The van der Waals surface area contributed by atoms with Crippen molar-refractivity contribution in [2.45, 2.75) is 40.3 Å². The summed E-state index contributed by atoms with van der Waals surface area (Å²) in [6, 6.07) is 13.7. The zero-order chi connectivity index (χ0) is 21.0. The molecular weight excluding hydrogens is 382 g/mol. The summed E-state index contributed by atoms with van der Waals surface area (Å²) in [5, 5.41) is 5.03. The minimum absolute atomic E-state index is 0.0767. The molecule has 0 saturated heterocycles. The van der Waals surface area contributed by atoms with Gasteiger partial charge in [-0.15, -0.1) is 11.3 Å². The molecule has 152 valence electrons. The lowest BCUT2D eigenvalue weighted by atomic mass is 10.1. The first-order valence-corrected chi connectivity index (χ1v) is 10.5. The number of thiophene rings is 1. The number of ether oxygens (including phenoxy) is 2. The van der Waals surface area contributed by atoms with E-state index < -0.39 is 0 Å². The van der Waals surface area contributed by atoms with Gasteiger partial charge in [-0.3, -0.25) is 4.79 Å². The van der Waals surface area contributed by atoms with Crippen LogP contribution in [0.5, 0.6) is 11.5 Å². The van der Waals surface area contributed by atoms with Gasteiger partial charge in [-0.1, -0.05) is 18.2 Å². The summed E-state index contributed by atoms with van der Waals surface area (Å²) in [6.07, 6.45) is 0. The molecule has 0 radical (unpaired) electrons. The molecule has 0 saturated carbocycles. The number of carbonyl (C=O) groups excluding carboxylic acids is 1. The van der Waals surface area contributed by atoms with Gasteiger partial charge in [-0.2, -0.15) is 0 Å². The Morgan fingerprint density at radius 3 is 2.52 bits per heavy atom. The molecule has 0 bridgehead atoms. The summed E-state index contributed by atoms with van der Waals surface area (Å²) in [5.41, 5.74) is 5.58. The van der Waals surface area contributed by atoms with Crippen molar-refractivity contribution < 1.29 is 14.3 Å². The molecule has 0 aliphatic heterocycles. The summed E-state index contributed by atoms with van der Waals surface area (Å²) in [5.74, 6) is 1.62. The maximum absolute atomic E-state index is 12.6. The number of hydrogen-bond donors (Lipinski definition) is 1. The highest BCUT2D eigenvalue weighted by Crippen LogP contribution is 2.25. The van der Waals surface area contributed by atoms with Crippen LogP contribution in [-0.2, 0) is 6.61 Å². The molecule has 3 rings (SSSR count). The minimum Gasteiger partial charge on any atom is -0.497 e. The standard InChI is InChI=1S/C24H27NO3S/c1-15-10-16(2)17(3)22(11-15)28-13-19-12-23(29-14-19)24(26)25-18(4)20-6-8-21(27-5)9-7-20/h6-12,14,18H,13H2,1-5H3,(H,25,26). The fraction of sp³-hybridized carbons (Fsp3) is 0.292. The molecule has 1 heterocycles. The molecule has 4 nitrogen and oxygen atoms in total. The van der Waals surface area contributed by atoms with Gasteiger partial charge >= 0.3 is 0 Å². The van der Waals surface area contributed by atoms with Crippen LogP contribution < -0.4 is 14.8 Å². The van der Waals surface area contributed by atoms with Gasteiger partial charge in [0.25, 0.3) is 5.91 Å². The van der Waals surface area contributed by atoms with E-state index in [2.05, 4.69) is 38.2 Å². The van der Waals surface area contributed by atoms with Crippen molar-refractivity contribution in [2.75, 3.05) is 7.11 Å². The Morgan fingerprint density at radius 2 is 1.83 bits per heavy atom. The molecule has 0 fully saturated rings. The van der Waals surface area contributed by atoms with Crippen molar-refractivity contribution >= 4 is 17.2 Å². The van der Waals surface area contributed by atoms with Crippen molar-refractivity contribution in [2.24, 2.45) is 0 Å². The number of methoxy groups -OCH3 is 1. The fourth-order valence-corrected chi connectivity index (χ4v) is 3.93. The van der Waals surface area contributed by atoms with E-state index in [0.717, 1.165) is 28.2 Å². The van der Waals surface area contributed by atoms with E-state index in [1.165, 1.54) is 22.5 Å². The van der Waals surface area contributed by atoms with Crippen LogP contribution in [0, 0.1) is 20.8 Å². The largest absolute Gasteiger partial charge is 0.497 e. The van der Waals surface area contributed by atoms with Crippen molar-refractivity contribution in [1.29, 1.82) is 0 Å². The maximum atomic E-state index is 12.6. The summed E-state index contributed by atoms with van der Waals surface area (Å²) in [7, 11) is 1.64. The van der Waals surface area contributed by atoms with Gasteiger partial charge in [-0.25, -0.2) is 0 Å². The third kappa shape index (κ3) is 5.18. The Labute approximate surface area is 176 Å². The molecule has 0 aliphatic carbocycles. The van der Waals surface area contributed by atoms with E-state index in [9.17, 15) is 4.79 Å². The number of nitrogens with one attached hydrogen (secondary N) is 1. The van der Waals surface area contributed by atoms with Crippen molar-refractivity contribution in [1.82, 2.24) is 5.32 Å². The third-order valence-corrected chi connectivity index (χ3v) is 5.98. The number of hydrogen-bond acceptors (Lipinski definition) is 4. The molecule has 1 N–H and O–H groups in total. The maximum Gasteiger partial charge on any atom is 0.261 e. The van der Waals surface area contributed by atoms with Crippen LogP contribution in [0.3, 0.4) is 0 Å². The van der Waals surface area contributed by atoms with Gasteiger partial charge in [0.1, 0.15) is 18.1 Å². The van der Waals surface area contributed by atoms with E-state index in [-0.39, 0.29) is 11.9 Å². The van der Waals surface area contributed by atoms with Crippen LogP contribution in [0.4, 0.5) is 0 Å². The normalized spacial score (nSPS) is 11.8. The Balaban J connectivity index is 1.61. The Morgan fingerprint density at radius 1 is 1.10 bits per heavy atom. The zero-order valence-corrected chi connectivity index (χ0v) is 18.4. The van der Waals surface area contributed by atoms with Crippen molar-refractivity contribution in [3.8, 4) is 11.5 Å². The zero-order valence-electron chi connectivity index (χ0n) is 17.5. The molecule has 3 aromatic rings. The number of rotatable bonds is 7. The number of carbonyl (C=O) groups is 1. The Kier molecular flexibility index (Phi) is 6.60. The molecule has 1 atom stereocenters. The predicted molar refractivity (Wildman–Crippen MR) is 118 cm³/mol. The molecule has 29 heavy (non-hydrogen) atoms. The van der Waals surface area contributed by atoms with Crippen LogP contribution >= 0.6 is 11.3 Å². The van der Waals surface area contributed by atoms with Crippen molar-refractivity contribution in [3.63, 3.8) is 0 Å². The topological polar surface area (TPSA) is 47.6 Å². The first-order valence-electron chi connectivity index (χ1n) is 9.60. The quantitative estimate of drug-likeness (QED) is 0.540. The summed E-state index contributed by atoms with van der Waals surface area (Å²) < 4.78 is 11.2. The molecule has 5 heteroatoms. The van der Waals surface area contributed by atoms with E-state index in [4.69, 9.17) is 9.47 Å². The predicted octanol–water partition coefficient (Wildman–Crippen LogP) is 5.75. The molecule has 2 aromatic carbocycles. The van der Waals surface area contributed by atoms with Gasteiger partial charge in [0.15, 0.2) is 0 Å². The lowest BCUT2D eigenvalue weighted by Gasteiger charge is -2.14. The lowest BCUT2D eigenvalue weighted by Crippen LogP contribution is -2.25. The van der Waals surface area contributed by atoms with Crippen LogP contribution in [-0.4, -0.2) is 13.0 Å². The average molecular weight is 410 g/mol. The highest BCUT2D eigenvalue weighted by Gasteiger charge is 2.14. The first kappa shape index (κ1) is 20.9. The lowest BCUT2D eigenvalue weighted by molar-refractivity contribution is 0.0944. The van der Waals surface area contributed by atoms with Crippen LogP contribution in [0.2, 0.25) is 0 Å². The molecule has 1 amide bonds. The van der Waals surface area contributed by atoms with Gasteiger partial charge in [0, 0.05) is 5.56 Å². The first-order chi connectivity index (χ1) is 13.9. The second-order valence-corrected chi connectivity index (χ2v) is 8.19. The smallest absolute Gasteiger partial charge is 0.261 e. The second kappa shape index (κ2) is 9.14. The molecule has 1 aromatic heterocycles. The fourth-order valence-electron chi connectivity index (χ4n) is 3.13. The summed E-state index contributed by atoms with van der Waals surface area (Å²) >= 11 is 1.43. The monoisotopic (exact) mass is 409 g/mol. The third-order valence-electron chi connectivity index (χ3n) is 5.00. The van der Waals surface area contributed by atoms with E-state index >= 15 is 0 Å². The van der Waals surface area contributed by atoms with Gasteiger partial charge < -0.3 is 14.8 Å². The van der Waals surface area contributed by atoms with Crippen LogP contribution in [0.1, 0.15) is 50.5 Å². The van der Waals surface area contributed by atoms with Gasteiger partial charge in [0.05, 0.1) is 18.0 Å². The van der Waals surface area contributed by atoms with E-state index in [1.807, 2.05) is 42.6 Å². The number of benzene rings is 2. The summed E-state index contributed by atoms with van der Waals surface area (Å²) in [4.78, 5) is 13.3. The summed E-state index contributed by atoms with van der Waals surface area (Å²) in [6.45, 7) is 8.64. The highest BCUT2D eigenvalue weighted by molar-refractivity contribution is 7.12. The number of aryl methyl sites for hydroxylation is 2. The van der Waals surface area contributed by atoms with Crippen molar-refractivity contribution in [3.05, 3.63) is 80.5 Å². The molecule has 0 spiro atoms. The average Bonchev–Trinajstić information content (AvgIpc) is 3.19. The number of amides is 1. The second-order valence-electron chi connectivity index (χ2n) is 7.28. The van der Waals surface area contributed by atoms with Crippen LogP contribution in [0.15, 0.2) is 47.8 Å². The molecular formula is C24H27NO3S. The minimum atomic E-state index is -0.0897. The highest BCUT2D eigenvalue weighted by atomic mass is 32.1. The Hall–Kier alpha value is -2.79. The van der Waals surface area contributed by atoms with Gasteiger partial charge in [-0.05, 0) is 79.6 Å².